The topological polar surface area (TPSA) is 94.8 Å². The summed E-state index contributed by atoms with van der Waals surface area (Å²) in [6.07, 6.45) is 1.33. The summed E-state index contributed by atoms with van der Waals surface area (Å²) in [5, 5.41) is 2.50. The standard InChI is InChI=1S/C16H15NO6/c1-2-21-15(19)11-6-3-4-7-12(11)17-14(18)10-23-16(20)13-8-5-9-22-13/h3-9H,2,10H2,1H3,(H,17,18). The SMILES string of the molecule is CCOC(=O)c1ccccc1NC(=O)COC(=O)c1ccco1. The van der Waals surface area contributed by atoms with E-state index in [4.69, 9.17) is 13.9 Å². The molecule has 7 heteroatoms. The molecule has 0 bridgehead atoms. The van der Waals surface area contributed by atoms with E-state index in [1.165, 1.54) is 24.5 Å². The average Bonchev–Trinajstić information content (AvgIpc) is 3.08. The van der Waals surface area contributed by atoms with Crippen molar-refractivity contribution in [3.8, 4) is 0 Å². The van der Waals surface area contributed by atoms with Crippen LogP contribution < -0.4 is 5.32 Å². The Bertz CT molecular complexity index is 692. The lowest BCUT2D eigenvalue weighted by Crippen LogP contribution is -2.22. The molecule has 1 N–H and O–H groups in total. The smallest absolute Gasteiger partial charge is 0.374 e. The van der Waals surface area contributed by atoms with Crippen molar-refractivity contribution in [1.29, 1.82) is 0 Å². The highest BCUT2D eigenvalue weighted by Crippen LogP contribution is 2.16. The first-order chi connectivity index (χ1) is 11.1. The van der Waals surface area contributed by atoms with Crippen molar-refractivity contribution in [3.63, 3.8) is 0 Å². The van der Waals surface area contributed by atoms with Gasteiger partial charge in [0.1, 0.15) is 0 Å². The predicted octanol–water partition coefficient (Wildman–Crippen LogP) is 2.25. The van der Waals surface area contributed by atoms with E-state index in [2.05, 4.69) is 5.32 Å². The Kier molecular flexibility index (Phi) is 5.51. The highest BCUT2D eigenvalue weighted by Gasteiger charge is 2.16. The highest BCUT2D eigenvalue weighted by molar-refractivity contribution is 6.02. The van der Waals surface area contributed by atoms with Crippen molar-refractivity contribution in [2.45, 2.75) is 6.92 Å². The van der Waals surface area contributed by atoms with Crippen LogP contribution in [-0.4, -0.2) is 31.1 Å². The molecule has 1 heterocycles. The molecule has 120 valence electrons. The summed E-state index contributed by atoms with van der Waals surface area (Å²) in [5.74, 6) is -1.87. The van der Waals surface area contributed by atoms with Gasteiger partial charge in [-0.25, -0.2) is 9.59 Å². The van der Waals surface area contributed by atoms with Crippen molar-refractivity contribution in [3.05, 3.63) is 54.0 Å². The molecule has 0 fully saturated rings. The fourth-order valence-corrected chi connectivity index (χ4v) is 1.76. The lowest BCUT2D eigenvalue weighted by atomic mass is 10.2. The normalized spacial score (nSPS) is 9.96. The third kappa shape index (κ3) is 4.44. The van der Waals surface area contributed by atoms with Crippen LogP contribution in [0.4, 0.5) is 5.69 Å². The van der Waals surface area contributed by atoms with Crippen LogP contribution in [0.5, 0.6) is 0 Å². The second-order valence-electron chi connectivity index (χ2n) is 4.37. The van der Waals surface area contributed by atoms with Crippen LogP contribution in [-0.2, 0) is 14.3 Å². The van der Waals surface area contributed by atoms with Gasteiger partial charge in [-0.15, -0.1) is 0 Å². The lowest BCUT2D eigenvalue weighted by molar-refractivity contribution is -0.119. The third-order valence-corrected chi connectivity index (χ3v) is 2.75. The first-order valence-electron chi connectivity index (χ1n) is 6.88. The van der Waals surface area contributed by atoms with Crippen LogP contribution in [0.1, 0.15) is 27.8 Å². The molecule has 0 spiro atoms. The summed E-state index contributed by atoms with van der Waals surface area (Å²) < 4.78 is 14.6. The molecular weight excluding hydrogens is 302 g/mol. The van der Waals surface area contributed by atoms with Crippen molar-refractivity contribution in [2.75, 3.05) is 18.5 Å². The minimum atomic E-state index is -0.746. The number of carbonyl (C=O) groups is 3. The van der Waals surface area contributed by atoms with Crippen molar-refractivity contribution in [2.24, 2.45) is 0 Å². The van der Waals surface area contributed by atoms with Crippen LogP contribution in [0.25, 0.3) is 0 Å². The quantitative estimate of drug-likeness (QED) is 0.821. The zero-order chi connectivity index (χ0) is 16.7. The number of benzene rings is 1. The number of hydrogen-bond acceptors (Lipinski definition) is 6. The summed E-state index contributed by atoms with van der Waals surface area (Å²) in [4.78, 5) is 35.2. The molecule has 0 saturated heterocycles. The Balaban J connectivity index is 1.95. The van der Waals surface area contributed by atoms with Gasteiger partial charge in [0.15, 0.2) is 6.61 Å². The number of amides is 1. The number of anilines is 1. The van der Waals surface area contributed by atoms with E-state index in [-0.39, 0.29) is 23.6 Å². The zero-order valence-corrected chi connectivity index (χ0v) is 12.4. The number of para-hydroxylation sites is 1. The Hall–Kier alpha value is -3.09. The molecule has 23 heavy (non-hydrogen) atoms. The van der Waals surface area contributed by atoms with E-state index in [1.54, 1.807) is 25.1 Å². The number of furan rings is 1. The maximum absolute atomic E-state index is 11.8. The van der Waals surface area contributed by atoms with Crippen molar-refractivity contribution in [1.82, 2.24) is 0 Å². The molecule has 0 saturated carbocycles. The molecule has 7 nitrogen and oxygen atoms in total. The third-order valence-electron chi connectivity index (χ3n) is 2.75. The van der Waals surface area contributed by atoms with E-state index in [0.29, 0.717) is 0 Å². The first-order valence-corrected chi connectivity index (χ1v) is 6.88. The second-order valence-corrected chi connectivity index (χ2v) is 4.37. The summed E-state index contributed by atoms with van der Waals surface area (Å²) >= 11 is 0. The van der Waals surface area contributed by atoms with Crippen LogP contribution in [0.3, 0.4) is 0 Å². The van der Waals surface area contributed by atoms with Crippen molar-refractivity contribution < 1.29 is 28.3 Å². The van der Waals surface area contributed by atoms with Crippen LogP contribution in [0, 0.1) is 0 Å². The number of esters is 2. The maximum atomic E-state index is 11.8. The van der Waals surface area contributed by atoms with Gasteiger partial charge in [-0.1, -0.05) is 12.1 Å². The molecule has 0 unspecified atom stereocenters. The molecule has 2 aromatic rings. The van der Waals surface area contributed by atoms with Gasteiger partial charge in [-0.2, -0.15) is 0 Å². The van der Waals surface area contributed by atoms with E-state index in [9.17, 15) is 14.4 Å². The first kappa shape index (κ1) is 16.3. The van der Waals surface area contributed by atoms with Crippen LogP contribution >= 0.6 is 0 Å². The summed E-state index contributed by atoms with van der Waals surface area (Å²) in [6, 6.07) is 9.36. The molecular formula is C16H15NO6. The zero-order valence-electron chi connectivity index (χ0n) is 12.4. The minimum Gasteiger partial charge on any atom is -0.462 e. The minimum absolute atomic E-state index is 0.00437. The summed E-state index contributed by atoms with van der Waals surface area (Å²) in [5.41, 5.74) is 0.505. The lowest BCUT2D eigenvalue weighted by Gasteiger charge is -2.10. The van der Waals surface area contributed by atoms with Gasteiger partial charge in [0.25, 0.3) is 5.91 Å². The van der Waals surface area contributed by atoms with E-state index in [0.717, 1.165) is 0 Å². The number of rotatable bonds is 6. The van der Waals surface area contributed by atoms with E-state index in [1.807, 2.05) is 0 Å². The van der Waals surface area contributed by atoms with E-state index < -0.39 is 24.5 Å². The van der Waals surface area contributed by atoms with Gasteiger partial charge < -0.3 is 19.2 Å². The van der Waals surface area contributed by atoms with Crippen LogP contribution in [0.2, 0.25) is 0 Å². The summed E-state index contributed by atoms with van der Waals surface area (Å²) in [7, 11) is 0. The number of nitrogens with one attached hydrogen (secondary N) is 1. The van der Waals surface area contributed by atoms with E-state index >= 15 is 0 Å². The Morgan fingerprint density at radius 3 is 2.52 bits per heavy atom. The van der Waals surface area contributed by atoms with Gasteiger partial charge in [-0.05, 0) is 31.2 Å². The molecule has 1 aromatic carbocycles. The molecule has 0 aliphatic rings. The maximum Gasteiger partial charge on any atom is 0.374 e. The fraction of sp³-hybridized carbons (Fsp3) is 0.188. The van der Waals surface area contributed by atoms with Gasteiger partial charge in [0.2, 0.25) is 5.76 Å². The fourth-order valence-electron chi connectivity index (χ4n) is 1.76. The van der Waals surface area contributed by atoms with Crippen LogP contribution in [0.15, 0.2) is 47.1 Å². The molecule has 0 radical (unpaired) electrons. The monoisotopic (exact) mass is 317 g/mol. The van der Waals surface area contributed by atoms with Gasteiger partial charge in [-0.3, -0.25) is 4.79 Å². The van der Waals surface area contributed by atoms with Crippen molar-refractivity contribution >= 4 is 23.5 Å². The Morgan fingerprint density at radius 2 is 1.83 bits per heavy atom. The second kappa shape index (κ2) is 7.79. The molecule has 0 aliphatic carbocycles. The largest absolute Gasteiger partial charge is 0.462 e. The average molecular weight is 317 g/mol. The molecule has 0 atom stereocenters. The van der Waals surface area contributed by atoms with Gasteiger partial charge >= 0.3 is 11.9 Å². The highest BCUT2D eigenvalue weighted by atomic mass is 16.5. The number of hydrogen-bond donors (Lipinski definition) is 1. The predicted molar refractivity (Wildman–Crippen MR) is 80.0 cm³/mol. The number of carbonyl (C=O) groups excluding carboxylic acids is 3. The molecule has 2 rings (SSSR count). The molecule has 0 aliphatic heterocycles. The number of ether oxygens (including phenoxy) is 2. The molecule has 1 amide bonds. The molecule has 1 aromatic heterocycles. The van der Waals surface area contributed by atoms with Gasteiger partial charge in [0, 0.05) is 0 Å². The van der Waals surface area contributed by atoms with Gasteiger partial charge in [0.05, 0.1) is 24.1 Å². The Morgan fingerprint density at radius 1 is 1.04 bits per heavy atom. The Labute approximate surface area is 132 Å². The summed E-state index contributed by atoms with van der Waals surface area (Å²) in [6.45, 7) is 1.41.